The van der Waals surface area contributed by atoms with Crippen molar-refractivity contribution in [3.63, 3.8) is 0 Å². The number of carbonyl (C=O) groups excluding carboxylic acids is 1. The van der Waals surface area contributed by atoms with Crippen molar-refractivity contribution < 1.29 is 19.6 Å². The van der Waals surface area contributed by atoms with Crippen LogP contribution in [-0.4, -0.2) is 36.7 Å². The van der Waals surface area contributed by atoms with E-state index in [2.05, 4.69) is 15.0 Å². The first-order chi connectivity index (χ1) is 15.9. The van der Waals surface area contributed by atoms with Gasteiger partial charge >= 0.3 is 5.97 Å². The summed E-state index contributed by atoms with van der Waals surface area (Å²) in [6, 6.07) is 16.4. The number of aromatic nitrogens is 3. The molecule has 0 aliphatic heterocycles. The fourth-order valence-electron chi connectivity index (χ4n) is 3.04. The maximum absolute atomic E-state index is 12.4. The molecule has 10 heteroatoms. The number of Topliss-reactive ketones (excluding diaryl/α,β-unsaturated/α-hetero) is 1. The highest BCUT2D eigenvalue weighted by atomic mass is 32.2. The van der Waals surface area contributed by atoms with Crippen LogP contribution in [0.25, 0.3) is 22.6 Å². The van der Waals surface area contributed by atoms with Gasteiger partial charge in [0.15, 0.2) is 5.16 Å². The van der Waals surface area contributed by atoms with Gasteiger partial charge in [-0.25, -0.2) is 19.7 Å². The Balaban J connectivity index is 1.79. The lowest BCUT2D eigenvalue weighted by molar-refractivity contribution is -0.387. The summed E-state index contributed by atoms with van der Waals surface area (Å²) in [5, 5.41) is 22.1. The maximum atomic E-state index is 12.4. The summed E-state index contributed by atoms with van der Waals surface area (Å²) in [6.07, 6.45) is 4.34. The Morgan fingerprint density at radius 3 is 2.48 bits per heavy atom. The molecule has 0 saturated heterocycles. The van der Waals surface area contributed by atoms with Crippen LogP contribution in [0.15, 0.2) is 83.1 Å². The zero-order chi connectivity index (χ0) is 23.4. The summed E-state index contributed by atoms with van der Waals surface area (Å²) in [7, 11) is 0. The number of nitrogens with zero attached hydrogens (tertiary/aromatic N) is 4. The Labute approximate surface area is 191 Å². The fraction of sp³-hybridized carbons (Fsp3) is 0. The van der Waals surface area contributed by atoms with Crippen LogP contribution in [0.2, 0.25) is 0 Å². The third-order valence-electron chi connectivity index (χ3n) is 4.55. The van der Waals surface area contributed by atoms with E-state index in [1.165, 1.54) is 30.6 Å². The molecule has 1 N–H and O–H groups in total. The minimum absolute atomic E-state index is 0.153. The van der Waals surface area contributed by atoms with E-state index in [1.54, 1.807) is 36.4 Å². The van der Waals surface area contributed by atoms with Crippen LogP contribution in [0.1, 0.15) is 11.3 Å². The molecule has 2 aromatic heterocycles. The van der Waals surface area contributed by atoms with Crippen LogP contribution in [0, 0.1) is 10.1 Å². The van der Waals surface area contributed by atoms with Crippen LogP contribution >= 0.6 is 11.8 Å². The standard InChI is InChI=1S/C23H14N4O5S/c28-21(22(29)30)16(18-8-7-15-4-1-2-5-17(15)26-18)12-14-6-9-20(19(13-14)27(31)32)33-23-24-10-3-11-25-23/h1-13H,(H,29,30). The smallest absolute Gasteiger partial charge is 0.377 e. The van der Waals surface area contributed by atoms with Gasteiger partial charge in [-0.1, -0.05) is 30.3 Å². The normalized spacial score (nSPS) is 11.3. The number of rotatable bonds is 7. The van der Waals surface area contributed by atoms with E-state index < -0.39 is 16.7 Å². The van der Waals surface area contributed by atoms with E-state index in [9.17, 15) is 24.8 Å². The van der Waals surface area contributed by atoms with E-state index in [1.807, 2.05) is 12.1 Å². The van der Waals surface area contributed by atoms with Gasteiger partial charge < -0.3 is 5.11 Å². The number of carboxylic acid groups (broad SMARTS) is 1. The Kier molecular flexibility index (Phi) is 6.18. The van der Waals surface area contributed by atoms with Crippen molar-refractivity contribution in [2.45, 2.75) is 10.1 Å². The highest BCUT2D eigenvalue weighted by Gasteiger charge is 2.22. The van der Waals surface area contributed by atoms with Crippen LogP contribution < -0.4 is 0 Å². The van der Waals surface area contributed by atoms with Crippen LogP contribution in [0.3, 0.4) is 0 Å². The minimum Gasteiger partial charge on any atom is -0.475 e. The molecule has 162 valence electrons. The van der Waals surface area contributed by atoms with Gasteiger partial charge in [0.25, 0.3) is 11.5 Å². The summed E-state index contributed by atoms with van der Waals surface area (Å²) in [4.78, 5) is 47.8. The molecule has 0 aliphatic carbocycles. The fourth-order valence-corrected chi connectivity index (χ4v) is 3.84. The number of para-hydroxylation sites is 1. The van der Waals surface area contributed by atoms with Gasteiger partial charge in [-0.3, -0.25) is 14.9 Å². The first-order valence-electron chi connectivity index (χ1n) is 9.51. The number of nitro groups is 1. The van der Waals surface area contributed by atoms with Crippen LogP contribution in [-0.2, 0) is 9.59 Å². The lowest BCUT2D eigenvalue weighted by Gasteiger charge is -2.07. The van der Waals surface area contributed by atoms with Crippen molar-refractivity contribution in [1.29, 1.82) is 0 Å². The molecule has 2 aromatic carbocycles. The number of pyridine rings is 1. The topological polar surface area (TPSA) is 136 Å². The third kappa shape index (κ3) is 4.91. The number of hydrogen-bond donors (Lipinski definition) is 1. The summed E-state index contributed by atoms with van der Waals surface area (Å²) >= 11 is 1.02. The molecule has 0 radical (unpaired) electrons. The maximum Gasteiger partial charge on any atom is 0.377 e. The van der Waals surface area contributed by atoms with Crippen LogP contribution in [0.4, 0.5) is 5.69 Å². The van der Waals surface area contributed by atoms with Crippen LogP contribution in [0.5, 0.6) is 0 Å². The van der Waals surface area contributed by atoms with Crippen molar-refractivity contribution in [3.05, 3.63) is 94.4 Å². The molecule has 0 unspecified atom stereocenters. The zero-order valence-corrected chi connectivity index (χ0v) is 17.6. The van der Waals surface area contributed by atoms with E-state index >= 15 is 0 Å². The summed E-state index contributed by atoms with van der Waals surface area (Å²) in [6.45, 7) is 0. The quantitative estimate of drug-likeness (QED) is 0.141. The number of fused-ring (bicyclic) bond motifs is 1. The van der Waals surface area contributed by atoms with Gasteiger partial charge in [-0.2, -0.15) is 0 Å². The molecular weight excluding hydrogens is 444 g/mol. The van der Waals surface area contributed by atoms with Gasteiger partial charge in [-0.05, 0) is 47.7 Å². The molecule has 2 heterocycles. The van der Waals surface area contributed by atoms with Gasteiger partial charge in [0.1, 0.15) is 0 Å². The second kappa shape index (κ2) is 9.37. The number of carboxylic acids is 1. The second-order valence-corrected chi connectivity index (χ2v) is 7.71. The zero-order valence-electron chi connectivity index (χ0n) is 16.8. The van der Waals surface area contributed by atoms with Gasteiger partial charge in [-0.15, -0.1) is 0 Å². The molecule has 0 atom stereocenters. The molecule has 9 nitrogen and oxygen atoms in total. The number of hydrogen-bond acceptors (Lipinski definition) is 8. The van der Waals surface area contributed by atoms with Crippen molar-refractivity contribution in [1.82, 2.24) is 15.0 Å². The van der Waals surface area contributed by atoms with E-state index in [0.717, 1.165) is 17.1 Å². The van der Waals surface area contributed by atoms with Gasteiger partial charge in [0.2, 0.25) is 0 Å². The molecule has 4 rings (SSSR count). The van der Waals surface area contributed by atoms with Crippen molar-refractivity contribution in [3.8, 4) is 0 Å². The monoisotopic (exact) mass is 458 g/mol. The highest BCUT2D eigenvalue weighted by molar-refractivity contribution is 7.99. The Hall–Kier alpha value is -4.44. The van der Waals surface area contributed by atoms with Crippen molar-refractivity contribution in [2.75, 3.05) is 0 Å². The third-order valence-corrected chi connectivity index (χ3v) is 5.51. The number of ketones is 1. The lowest BCUT2D eigenvalue weighted by Crippen LogP contribution is -2.15. The Bertz CT molecular complexity index is 1420. The average Bonchev–Trinajstić information content (AvgIpc) is 2.83. The van der Waals surface area contributed by atoms with Crippen molar-refractivity contribution in [2.24, 2.45) is 0 Å². The molecule has 0 amide bonds. The lowest BCUT2D eigenvalue weighted by atomic mass is 10.0. The Morgan fingerprint density at radius 1 is 1.00 bits per heavy atom. The first kappa shape index (κ1) is 21.8. The summed E-state index contributed by atoms with van der Waals surface area (Å²) in [5.74, 6) is -2.82. The van der Waals surface area contributed by atoms with Gasteiger partial charge in [0, 0.05) is 23.8 Å². The highest BCUT2D eigenvalue weighted by Crippen LogP contribution is 2.34. The molecule has 0 fully saturated rings. The first-order valence-corrected chi connectivity index (χ1v) is 10.3. The van der Waals surface area contributed by atoms with E-state index in [4.69, 9.17) is 0 Å². The predicted molar refractivity (Wildman–Crippen MR) is 122 cm³/mol. The second-order valence-electron chi connectivity index (χ2n) is 6.70. The molecule has 0 aliphatic rings. The largest absolute Gasteiger partial charge is 0.475 e. The molecule has 0 spiro atoms. The molecular formula is C23H14N4O5S. The molecule has 4 aromatic rings. The number of aliphatic carboxylic acids is 1. The molecule has 0 saturated carbocycles. The Morgan fingerprint density at radius 2 is 1.76 bits per heavy atom. The predicted octanol–water partition coefficient (Wildman–Crippen LogP) is 4.28. The van der Waals surface area contributed by atoms with E-state index in [-0.39, 0.29) is 22.5 Å². The number of nitro benzene ring substituents is 1. The molecule has 33 heavy (non-hydrogen) atoms. The average molecular weight is 458 g/mol. The van der Waals surface area contributed by atoms with Gasteiger partial charge in [0.05, 0.1) is 26.6 Å². The molecule has 0 bridgehead atoms. The number of benzene rings is 2. The summed E-state index contributed by atoms with van der Waals surface area (Å²) in [5.41, 5.74) is 0.600. The van der Waals surface area contributed by atoms with E-state index in [0.29, 0.717) is 15.6 Å². The number of carbonyl (C=O) groups is 2. The SMILES string of the molecule is O=C(O)C(=O)C(=Cc1ccc(Sc2ncccn2)c([N+](=O)[O-])c1)c1ccc2ccccc2n1. The minimum atomic E-state index is -1.65. The summed E-state index contributed by atoms with van der Waals surface area (Å²) < 4.78 is 0. The van der Waals surface area contributed by atoms with Crippen molar-refractivity contribution >= 4 is 51.8 Å².